The lowest BCUT2D eigenvalue weighted by Gasteiger charge is -2.22. The Morgan fingerprint density at radius 1 is 1.32 bits per heavy atom. The summed E-state index contributed by atoms with van der Waals surface area (Å²) in [4.78, 5) is 35.2. The van der Waals surface area contributed by atoms with Gasteiger partial charge >= 0.3 is 5.97 Å². The summed E-state index contributed by atoms with van der Waals surface area (Å²) < 4.78 is 13.0. The van der Waals surface area contributed by atoms with Crippen LogP contribution in [-0.4, -0.2) is 40.4 Å². The molecule has 0 spiro atoms. The second kappa shape index (κ2) is 8.38. The predicted molar refractivity (Wildman–Crippen MR) is 82.1 cm³/mol. The Morgan fingerprint density at radius 3 is 2.41 bits per heavy atom. The predicted octanol–water partition coefficient (Wildman–Crippen LogP) is 1.24. The normalized spacial score (nSPS) is 11.7. The van der Waals surface area contributed by atoms with Crippen LogP contribution in [0.3, 0.4) is 0 Å². The zero-order valence-corrected chi connectivity index (χ0v) is 12.8. The van der Waals surface area contributed by atoms with E-state index in [1.807, 2.05) is 0 Å². The van der Waals surface area contributed by atoms with Crippen LogP contribution in [0.1, 0.15) is 13.3 Å². The summed E-state index contributed by atoms with van der Waals surface area (Å²) in [5, 5.41) is 8.08. The van der Waals surface area contributed by atoms with Crippen molar-refractivity contribution in [3.05, 3.63) is 30.1 Å². The van der Waals surface area contributed by atoms with Gasteiger partial charge in [0.25, 0.3) is 0 Å². The third-order valence-electron chi connectivity index (χ3n) is 2.83. The number of carbonyl (C=O) groups is 3. The number of carboxylic acid groups (broad SMARTS) is 1. The lowest BCUT2D eigenvalue weighted by atomic mass is 10.2. The van der Waals surface area contributed by atoms with Gasteiger partial charge in [0.05, 0.1) is 11.0 Å². The molecule has 0 saturated carbocycles. The molecule has 0 saturated heterocycles. The SMILES string of the molecule is C[C@H](SCC(=O)N(CCC(N)=O)c1ccc(F)cc1)C(=O)O. The van der Waals surface area contributed by atoms with Crippen LogP contribution in [0.25, 0.3) is 0 Å². The van der Waals surface area contributed by atoms with E-state index in [2.05, 4.69) is 0 Å². The summed E-state index contributed by atoms with van der Waals surface area (Å²) in [7, 11) is 0. The van der Waals surface area contributed by atoms with E-state index in [1.54, 1.807) is 0 Å². The number of amides is 2. The van der Waals surface area contributed by atoms with Crippen LogP contribution in [-0.2, 0) is 14.4 Å². The second-order valence-electron chi connectivity index (χ2n) is 4.53. The number of nitrogens with two attached hydrogens (primary N) is 1. The number of aliphatic carboxylic acids is 1. The maximum absolute atomic E-state index is 13.0. The van der Waals surface area contributed by atoms with E-state index in [-0.39, 0.29) is 24.6 Å². The van der Waals surface area contributed by atoms with Crippen molar-refractivity contribution in [3.8, 4) is 0 Å². The number of carbonyl (C=O) groups excluding carboxylic acids is 2. The zero-order valence-electron chi connectivity index (χ0n) is 12.0. The molecule has 0 aliphatic heterocycles. The Bertz CT molecular complexity index is 550. The highest BCUT2D eigenvalue weighted by molar-refractivity contribution is 8.01. The minimum absolute atomic E-state index is 0.0394. The number of halogens is 1. The summed E-state index contributed by atoms with van der Waals surface area (Å²) in [6.45, 7) is 1.54. The summed E-state index contributed by atoms with van der Waals surface area (Å²) in [5.74, 6) is -2.45. The fourth-order valence-corrected chi connectivity index (χ4v) is 2.28. The van der Waals surface area contributed by atoms with E-state index < -0.39 is 22.9 Å². The van der Waals surface area contributed by atoms with Gasteiger partial charge in [0, 0.05) is 18.7 Å². The van der Waals surface area contributed by atoms with Crippen molar-refractivity contribution in [3.63, 3.8) is 0 Å². The van der Waals surface area contributed by atoms with Crippen molar-refractivity contribution in [1.29, 1.82) is 0 Å². The van der Waals surface area contributed by atoms with Gasteiger partial charge in [-0.25, -0.2) is 4.39 Å². The molecule has 120 valence electrons. The average molecular weight is 328 g/mol. The molecule has 0 aliphatic rings. The topological polar surface area (TPSA) is 101 Å². The molecule has 0 bridgehead atoms. The molecule has 0 radical (unpaired) electrons. The monoisotopic (exact) mass is 328 g/mol. The minimum atomic E-state index is -1.01. The Morgan fingerprint density at radius 2 is 1.91 bits per heavy atom. The maximum Gasteiger partial charge on any atom is 0.316 e. The number of thioether (sulfide) groups is 1. The van der Waals surface area contributed by atoms with Crippen molar-refractivity contribution in [2.45, 2.75) is 18.6 Å². The summed E-state index contributed by atoms with van der Waals surface area (Å²) in [6.07, 6.45) is -0.0394. The molecule has 22 heavy (non-hydrogen) atoms. The van der Waals surface area contributed by atoms with Gasteiger partial charge in [0.1, 0.15) is 5.82 Å². The second-order valence-corrected chi connectivity index (χ2v) is 5.86. The van der Waals surface area contributed by atoms with E-state index in [1.165, 1.54) is 36.1 Å². The number of benzene rings is 1. The number of rotatable bonds is 8. The van der Waals surface area contributed by atoms with E-state index in [9.17, 15) is 18.8 Å². The van der Waals surface area contributed by atoms with Gasteiger partial charge in [-0.05, 0) is 31.2 Å². The van der Waals surface area contributed by atoms with Gasteiger partial charge in [0.15, 0.2) is 0 Å². The largest absolute Gasteiger partial charge is 0.480 e. The van der Waals surface area contributed by atoms with Crippen molar-refractivity contribution in [2.75, 3.05) is 17.2 Å². The molecule has 1 aromatic carbocycles. The van der Waals surface area contributed by atoms with E-state index in [4.69, 9.17) is 10.8 Å². The molecule has 6 nitrogen and oxygen atoms in total. The summed E-state index contributed by atoms with van der Waals surface area (Å²) in [5.41, 5.74) is 5.51. The smallest absolute Gasteiger partial charge is 0.316 e. The molecule has 0 unspecified atom stereocenters. The molecule has 3 N–H and O–H groups in total. The highest BCUT2D eigenvalue weighted by Crippen LogP contribution is 2.18. The maximum atomic E-state index is 13.0. The molecule has 0 aromatic heterocycles. The number of nitrogens with zero attached hydrogens (tertiary/aromatic N) is 1. The van der Waals surface area contributed by atoms with Crippen molar-refractivity contribution < 1.29 is 23.9 Å². The average Bonchev–Trinajstić information content (AvgIpc) is 2.46. The molecule has 8 heteroatoms. The first-order chi connectivity index (χ1) is 10.3. The molecule has 0 heterocycles. The highest BCUT2D eigenvalue weighted by Gasteiger charge is 2.19. The molecule has 1 atom stereocenters. The minimum Gasteiger partial charge on any atom is -0.480 e. The lowest BCUT2D eigenvalue weighted by Crippen LogP contribution is -2.36. The van der Waals surface area contributed by atoms with Crippen LogP contribution < -0.4 is 10.6 Å². The number of carboxylic acids is 1. The van der Waals surface area contributed by atoms with E-state index in [0.717, 1.165) is 11.8 Å². The lowest BCUT2D eigenvalue weighted by molar-refractivity contribution is -0.136. The standard InChI is InChI=1S/C14H17FN2O4S/c1-9(14(20)21)22-8-13(19)17(7-6-12(16)18)11-4-2-10(15)3-5-11/h2-5,9H,6-8H2,1H3,(H2,16,18)(H,20,21)/t9-/m0/s1. The molecular weight excluding hydrogens is 311 g/mol. The van der Waals surface area contributed by atoms with Crippen LogP contribution in [0, 0.1) is 5.82 Å². The summed E-state index contributed by atoms with van der Waals surface area (Å²) >= 11 is 0.972. The molecular formula is C14H17FN2O4S. The van der Waals surface area contributed by atoms with E-state index in [0.29, 0.717) is 5.69 Å². The fourth-order valence-electron chi connectivity index (χ4n) is 1.59. The van der Waals surface area contributed by atoms with Gasteiger partial charge in [-0.2, -0.15) is 0 Å². The van der Waals surface area contributed by atoms with Gasteiger partial charge in [-0.3, -0.25) is 14.4 Å². The quantitative estimate of drug-likeness (QED) is 0.748. The van der Waals surface area contributed by atoms with Crippen LogP contribution >= 0.6 is 11.8 Å². The zero-order chi connectivity index (χ0) is 16.7. The first-order valence-electron chi connectivity index (χ1n) is 6.50. The fraction of sp³-hybridized carbons (Fsp3) is 0.357. The van der Waals surface area contributed by atoms with Gasteiger partial charge in [-0.1, -0.05) is 0 Å². The number of hydrogen-bond donors (Lipinski definition) is 2. The van der Waals surface area contributed by atoms with E-state index >= 15 is 0 Å². The van der Waals surface area contributed by atoms with Gasteiger partial charge < -0.3 is 15.7 Å². The Labute approximate surface area is 131 Å². The first kappa shape index (κ1) is 18.0. The Balaban J connectivity index is 2.80. The first-order valence-corrected chi connectivity index (χ1v) is 7.54. The van der Waals surface area contributed by atoms with Gasteiger partial charge in [-0.15, -0.1) is 11.8 Å². The van der Waals surface area contributed by atoms with Crippen molar-refractivity contribution in [2.24, 2.45) is 5.73 Å². The van der Waals surface area contributed by atoms with Gasteiger partial charge in [0.2, 0.25) is 11.8 Å². The number of hydrogen-bond acceptors (Lipinski definition) is 4. The number of anilines is 1. The van der Waals surface area contributed by atoms with Crippen LogP contribution in [0.5, 0.6) is 0 Å². The number of primary amides is 1. The highest BCUT2D eigenvalue weighted by atomic mass is 32.2. The van der Waals surface area contributed by atoms with Crippen LogP contribution in [0.2, 0.25) is 0 Å². The molecule has 2 amide bonds. The molecule has 0 fully saturated rings. The third-order valence-corrected chi connectivity index (χ3v) is 3.94. The summed E-state index contributed by atoms with van der Waals surface area (Å²) in [6, 6.07) is 5.23. The Hall–Kier alpha value is -2.09. The van der Waals surface area contributed by atoms with Crippen LogP contribution in [0.15, 0.2) is 24.3 Å². The Kier molecular flexibility index (Phi) is 6.84. The molecule has 0 aliphatic carbocycles. The molecule has 1 aromatic rings. The van der Waals surface area contributed by atoms with Crippen LogP contribution in [0.4, 0.5) is 10.1 Å². The molecule has 1 rings (SSSR count). The third kappa shape index (κ3) is 5.72. The van der Waals surface area contributed by atoms with Crippen molar-refractivity contribution >= 4 is 35.2 Å². The van der Waals surface area contributed by atoms with Crippen molar-refractivity contribution in [1.82, 2.24) is 0 Å².